The first-order valence-corrected chi connectivity index (χ1v) is 6.06. The number of amides is 1. The van der Waals surface area contributed by atoms with Crippen molar-refractivity contribution in [2.24, 2.45) is 11.3 Å². The van der Waals surface area contributed by atoms with Crippen LogP contribution in [0.25, 0.3) is 0 Å². The van der Waals surface area contributed by atoms with E-state index in [9.17, 15) is 14.7 Å². The largest absolute Gasteiger partial charge is 0.481 e. The van der Waals surface area contributed by atoms with Crippen molar-refractivity contribution in [3.63, 3.8) is 0 Å². The zero-order chi connectivity index (χ0) is 11.8. The highest BCUT2D eigenvalue weighted by Crippen LogP contribution is 2.41. The summed E-state index contributed by atoms with van der Waals surface area (Å²) in [6.45, 7) is 2.09. The van der Waals surface area contributed by atoms with Crippen molar-refractivity contribution in [1.82, 2.24) is 5.32 Å². The van der Waals surface area contributed by atoms with Crippen molar-refractivity contribution in [3.8, 4) is 0 Å². The van der Waals surface area contributed by atoms with E-state index in [1.807, 2.05) is 0 Å². The molecule has 0 saturated heterocycles. The Morgan fingerprint density at radius 1 is 1.38 bits per heavy atom. The lowest BCUT2D eigenvalue weighted by molar-refractivity contribution is -0.151. The molecule has 0 aromatic heterocycles. The predicted molar refractivity (Wildman–Crippen MR) is 58.9 cm³/mol. The maximum absolute atomic E-state index is 11.7. The summed E-state index contributed by atoms with van der Waals surface area (Å²) in [6.07, 6.45) is 4.35. The number of aliphatic carboxylic acids is 1. The van der Waals surface area contributed by atoms with E-state index < -0.39 is 11.4 Å². The van der Waals surface area contributed by atoms with Crippen LogP contribution in [0.15, 0.2) is 0 Å². The van der Waals surface area contributed by atoms with Crippen LogP contribution in [0.3, 0.4) is 0 Å². The summed E-state index contributed by atoms with van der Waals surface area (Å²) in [6, 6.07) is 0.291. The van der Waals surface area contributed by atoms with Gasteiger partial charge < -0.3 is 10.4 Å². The van der Waals surface area contributed by atoms with E-state index in [0.717, 1.165) is 19.3 Å². The van der Waals surface area contributed by atoms with Crippen molar-refractivity contribution in [3.05, 3.63) is 0 Å². The molecule has 0 aromatic rings. The van der Waals surface area contributed by atoms with Crippen molar-refractivity contribution >= 4 is 11.9 Å². The molecule has 2 N–H and O–H groups in total. The molecule has 0 aliphatic heterocycles. The van der Waals surface area contributed by atoms with Crippen LogP contribution in [0.4, 0.5) is 0 Å². The molecule has 2 rings (SSSR count). The first-order valence-electron chi connectivity index (χ1n) is 6.06. The minimum Gasteiger partial charge on any atom is -0.481 e. The zero-order valence-corrected chi connectivity index (χ0v) is 9.66. The Bertz CT molecular complexity index is 307. The normalized spacial score (nSPS) is 31.1. The molecule has 4 heteroatoms. The molecule has 1 amide bonds. The SMILES string of the molecule is CC1CC1NC(=O)CC1(C(=O)O)CCCC1. The molecule has 2 aliphatic carbocycles. The molecule has 2 fully saturated rings. The number of carboxylic acid groups (broad SMARTS) is 1. The Hall–Kier alpha value is -1.06. The zero-order valence-electron chi connectivity index (χ0n) is 9.66. The highest BCUT2D eigenvalue weighted by atomic mass is 16.4. The van der Waals surface area contributed by atoms with Gasteiger partial charge in [0.2, 0.25) is 5.91 Å². The number of hydrogen-bond acceptors (Lipinski definition) is 2. The van der Waals surface area contributed by atoms with Crippen LogP contribution >= 0.6 is 0 Å². The molecule has 0 radical (unpaired) electrons. The van der Waals surface area contributed by atoms with E-state index in [2.05, 4.69) is 12.2 Å². The van der Waals surface area contributed by atoms with E-state index in [-0.39, 0.29) is 12.3 Å². The molecule has 2 unspecified atom stereocenters. The molecule has 2 aliphatic rings. The summed E-state index contributed by atoms with van der Waals surface area (Å²) in [5.74, 6) is -0.323. The Morgan fingerprint density at radius 2 is 1.94 bits per heavy atom. The summed E-state index contributed by atoms with van der Waals surface area (Å²) < 4.78 is 0. The number of hydrogen-bond donors (Lipinski definition) is 2. The Balaban J connectivity index is 1.90. The van der Waals surface area contributed by atoms with Crippen LogP contribution in [0.5, 0.6) is 0 Å². The fourth-order valence-corrected chi connectivity index (χ4v) is 2.61. The van der Waals surface area contributed by atoms with E-state index in [4.69, 9.17) is 0 Å². The lowest BCUT2D eigenvalue weighted by Crippen LogP contribution is -2.36. The van der Waals surface area contributed by atoms with Crippen LogP contribution in [-0.2, 0) is 9.59 Å². The van der Waals surface area contributed by atoms with Gasteiger partial charge in [0, 0.05) is 12.5 Å². The second kappa shape index (κ2) is 4.07. The Labute approximate surface area is 95.4 Å². The summed E-state index contributed by atoms with van der Waals surface area (Å²) in [7, 11) is 0. The van der Waals surface area contributed by atoms with Gasteiger partial charge in [-0.1, -0.05) is 19.8 Å². The molecule has 0 spiro atoms. The summed E-state index contributed by atoms with van der Waals surface area (Å²) in [5.41, 5.74) is -0.776. The summed E-state index contributed by atoms with van der Waals surface area (Å²) >= 11 is 0. The van der Waals surface area contributed by atoms with Gasteiger partial charge in [-0.3, -0.25) is 9.59 Å². The number of nitrogens with one attached hydrogen (secondary N) is 1. The third-order valence-corrected chi connectivity index (χ3v) is 3.97. The van der Waals surface area contributed by atoms with E-state index in [1.54, 1.807) is 0 Å². The maximum Gasteiger partial charge on any atom is 0.310 e. The monoisotopic (exact) mass is 225 g/mol. The molecule has 2 atom stereocenters. The first kappa shape index (κ1) is 11.4. The lowest BCUT2D eigenvalue weighted by Gasteiger charge is -2.22. The van der Waals surface area contributed by atoms with Crippen LogP contribution in [-0.4, -0.2) is 23.0 Å². The average Bonchev–Trinajstić information content (AvgIpc) is 2.72. The highest BCUT2D eigenvalue weighted by Gasteiger charge is 2.44. The molecule has 2 saturated carbocycles. The number of carbonyl (C=O) groups excluding carboxylic acids is 1. The van der Waals surface area contributed by atoms with Crippen molar-refractivity contribution in [2.75, 3.05) is 0 Å². The quantitative estimate of drug-likeness (QED) is 0.762. The van der Waals surface area contributed by atoms with Gasteiger partial charge in [-0.05, 0) is 25.2 Å². The Morgan fingerprint density at radius 3 is 2.38 bits per heavy atom. The van der Waals surface area contributed by atoms with Gasteiger partial charge in [0.15, 0.2) is 0 Å². The standard InChI is InChI=1S/C12H19NO3/c1-8-6-9(8)13-10(14)7-12(11(15)16)4-2-3-5-12/h8-9H,2-7H2,1H3,(H,13,14)(H,15,16). The molecular weight excluding hydrogens is 206 g/mol. The summed E-state index contributed by atoms with van der Waals surface area (Å²) in [5, 5.41) is 12.1. The number of rotatable bonds is 4. The third-order valence-electron chi connectivity index (χ3n) is 3.97. The van der Waals surface area contributed by atoms with Crippen LogP contribution < -0.4 is 5.32 Å². The van der Waals surface area contributed by atoms with Gasteiger partial charge in [0.1, 0.15) is 0 Å². The Kier molecular flexibility index (Phi) is 2.91. The average molecular weight is 225 g/mol. The van der Waals surface area contributed by atoms with Crippen molar-refractivity contribution in [2.45, 2.75) is 51.5 Å². The minimum atomic E-state index is -0.802. The molecule has 4 nitrogen and oxygen atoms in total. The van der Waals surface area contributed by atoms with E-state index in [1.165, 1.54) is 0 Å². The van der Waals surface area contributed by atoms with Crippen molar-refractivity contribution in [1.29, 1.82) is 0 Å². The van der Waals surface area contributed by atoms with E-state index >= 15 is 0 Å². The first-order chi connectivity index (χ1) is 7.53. The molecule has 16 heavy (non-hydrogen) atoms. The maximum atomic E-state index is 11.7. The summed E-state index contributed by atoms with van der Waals surface area (Å²) in [4.78, 5) is 23.0. The fourth-order valence-electron chi connectivity index (χ4n) is 2.61. The van der Waals surface area contributed by atoms with Gasteiger partial charge >= 0.3 is 5.97 Å². The van der Waals surface area contributed by atoms with Crippen LogP contribution in [0, 0.1) is 11.3 Å². The second-order valence-electron chi connectivity index (χ2n) is 5.36. The highest BCUT2D eigenvalue weighted by molar-refractivity contribution is 5.85. The van der Waals surface area contributed by atoms with E-state index in [0.29, 0.717) is 24.8 Å². The minimum absolute atomic E-state index is 0.0846. The smallest absolute Gasteiger partial charge is 0.310 e. The fraction of sp³-hybridized carbons (Fsp3) is 0.833. The number of carbonyl (C=O) groups is 2. The van der Waals surface area contributed by atoms with Crippen LogP contribution in [0.1, 0.15) is 45.4 Å². The lowest BCUT2D eigenvalue weighted by atomic mass is 9.82. The molecule has 90 valence electrons. The third kappa shape index (κ3) is 2.20. The van der Waals surface area contributed by atoms with Gasteiger partial charge in [0.25, 0.3) is 0 Å². The topological polar surface area (TPSA) is 66.4 Å². The molecule has 0 heterocycles. The van der Waals surface area contributed by atoms with Gasteiger partial charge in [-0.15, -0.1) is 0 Å². The molecule has 0 bridgehead atoms. The predicted octanol–water partition coefficient (Wildman–Crippen LogP) is 1.55. The molecule has 0 aromatic carbocycles. The van der Waals surface area contributed by atoms with Crippen molar-refractivity contribution < 1.29 is 14.7 Å². The molecular formula is C12H19NO3. The second-order valence-corrected chi connectivity index (χ2v) is 5.36. The number of carboxylic acids is 1. The van der Waals surface area contributed by atoms with Crippen LogP contribution in [0.2, 0.25) is 0 Å². The van der Waals surface area contributed by atoms with Gasteiger partial charge in [0.05, 0.1) is 5.41 Å². The van der Waals surface area contributed by atoms with Gasteiger partial charge in [-0.25, -0.2) is 0 Å². The van der Waals surface area contributed by atoms with Gasteiger partial charge in [-0.2, -0.15) is 0 Å².